The van der Waals surface area contributed by atoms with Crippen LogP contribution >= 0.6 is 23.5 Å². The van der Waals surface area contributed by atoms with Crippen LogP contribution in [0.15, 0.2) is 28.0 Å². The zero-order valence-corrected chi connectivity index (χ0v) is 19.1. The molecule has 1 fully saturated rings. The van der Waals surface area contributed by atoms with E-state index >= 15 is 0 Å². The molecule has 140 valence electrons. The number of rotatable bonds is 3. The Labute approximate surface area is 163 Å². The van der Waals surface area contributed by atoms with Crippen molar-refractivity contribution < 1.29 is 9.31 Å². The molecule has 1 aromatic carbocycles. The third-order valence-electron chi connectivity index (χ3n) is 4.28. The maximum Gasteiger partial charge on any atom is 0.494 e. The van der Waals surface area contributed by atoms with Crippen molar-refractivity contribution in [2.24, 2.45) is 0 Å². The summed E-state index contributed by atoms with van der Waals surface area (Å²) >= 11 is 3.78. The molecule has 1 saturated heterocycles. The number of hydrogen-bond acceptors (Lipinski definition) is 4. The van der Waals surface area contributed by atoms with Crippen LogP contribution in [0, 0.1) is 0 Å². The Kier molecular flexibility index (Phi) is 5.78. The molecule has 0 atom stereocenters. The summed E-state index contributed by atoms with van der Waals surface area (Å²) in [5.41, 5.74) is 0.476. The lowest BCUT2D eigenvalue weighted by molar-refractivity contribution is 0.00578. The van der Waals surface area contributed by atoms with E-state index in [1.807, 2.05) is 23.5 Å². The Bertz CT molecular complexity index is 577. The topological polar surface area (TPSA) is 18.5 Å². The lowest BCUT2D eigenvalue weighted by Crippen LogP contribution is -2.41. The van der Waals surface area contributed by atoms with Crippen LogP contribution in [-0.2, 0) is 9.31 Å². The van der Waals surface area contributed by atoms with Crippen LogP contribution < -0.4 is 5.46 Å². The van der Waals surface area contributed by atoms with E-state index in [-0.39, 0.29) is 27.8 Å². The summed E-state index contributed by atoms with van der Waals surface area (Å²) in [7, 11) is -0.315. The van der Waals surface area contributed by atoms with E-state index in [4.69, 9.17) is 9.31 Å². The second kappa shape index (κ2) is 6.81. The largest absolute Gasteiger partial charge is 0.494 e. The van der Waals surface area contributed by atoms with Gasteiger partial charge in [0.25, 0.3) is 0 Å². The minimum absolute atomic E-state index is 0.165. The molecule has 1 aliphatic heterocycles. The molecule has 1 aromatic rings. The summed E-state index contributed by atoms with van der Waals surface area (Å²) in [6.07, 6.45) is 0. The van der Waals surface area contributed by atoms with Crippen molar-refractivity contribution in [3.8, 4) is 0 Å². The summed E-state index contributed by atoms with van der Waals surface area (Å²) in [4.78, 5) is 2.54. The minimum Gasteiger partial charge on any atom is -0.399 e. The third-order valence-corrected chi connectivity index (χ3v) is 6.44. The first kappa shape index (κ1) is 21.2. The highest BCUT2D eigenvalue weighted by Gasteiger charge is 2.51. The van der Waals surface area contributed by atoms with Crippen LogP contribution in [-0.4, -0.2) is 27.8 Å². The van der Waals surface area contributed by atoms with E-state index in [2.05, 4.69) is 87.4 Å². The molecule has 0 unspecified atom stereocenters. The molecule has 0 radical (unpaired) electrons. The van der Waals surface area contributed by atoms with E-state index < -0.39 is 0 Å². The predicted octanol–water partition coefficient (Wildman–Crippen LogP) is 5.77. The molecule has 0 saturated carbocycles. The highest BCUT2D eigenvalue weighted by molar-refractivity contribution is 8.01. The van der Waals surface area contributed by atoms with Crippen molar-refractivity contribution in [1.82, 2.24) is 0 Å². The van der Waals surface area contributed by atoms with Gasteiger partial charge in [-0.2, -0.15) is 0 Å². The van der Waals surface area contributed by atoms with Crippen molar-refractivity contribution in [2.45, 2.75) is 99.7 Å². The Morgan fingerprint density at radius 2 is 1.08 bits per heavy atom. The second-order valence-electron chi connectivity index (χ2n) is 9.75. The monoisotopic (exact) mass is 380 g/mol. The zero-order chi connectivity index (χ0) is 19.3. The van der Waals surface area contributed by atoms with E-state index in [1.54, 1.807) is 0 Å². The first-order valence-electron chi connectivity index (χ1n) is 8.97. The molecule has 5 heteroatoms. The van der Waals surface area contributed by atoms with Crippen LogP contribution in [0.1, 0.15) is 69.2 Å². The molecule has 0 spiro atoms. The Hall–Kier alpha value is -0.0951. The van der Waals surface area contributed by atoms with Crippen LogP contribution in [0.3, 0.4) is 0 Å². The molecule has 2 rings (SSSR count). The second-order valence-corrected chi connectivity index (χ2v) is 13.6. The average Bonchev–Trinajstić information content (AvgIpc) is 2.53. The molecule has 1 aliphatic rings. The van der Waals surface area contributed by atoms with Gasteiger partial charge in [0.2, 0.25) is 0 Å². The van der Waals surface area contributed by atoms with Gasteiger partial charge in [0.05, 0.1) is 11.2 Å². The van der Waals surface area contributed by atoms with Gasteiger partial charge in [-0.1, -0.05) is 41.5 Å². The van der Waals surface area contributed by atoms with Crippen LogP contribution in [0.5, 0.6) is 0 Å². The summed E-state index contributed by atoms with van der Waals surface area (Å²) < 4.78 is 12.9. The fraction of sp³-hybridized carbons (Fsp3) is 0.700. The lowest BCUT2D eigenvalue weighted by atomic mass is 9.79. The summed E-state index contributed by atoms with van der Waals surface area (Å²) in [6.45, 7) is 21.9. The van der Waals surface area contributed by atoms with Crippen molar-refractivity contribution >= 4 is 36.1 Å². The molecule has 0 amide bonds. The van der Waals surface area contributed by atoms with Crippen molar-refractivity contribution in [2.75, 3.05) is 0 Å². The maximum absolute atomic E-state index is 6.28. The SMILES string of the molecule is CC(C)(C)Sc1cc(SC(C)(C)C)cc(B2OC(C)(C)C(C)(C)O2)c1. The van der Waals surface area contributed by atoms with Crippen LogP contribution in [0.4, 0.5) is 0 Å². The Morgan fingerprint density at radius 3 is 1.40 bits per heavy atom. The lowest BCUT2D eigenvalue weighted by Gasteiger charge is -2.32. The van der Waals surface area contributed by atoms with E-state index in [0.29, 0.717) is 0 Å². The third kappa shape index (κ3) is 5.69. The number of thioether (sulfide) groups is 2. The molecule has 0 aliphatic carbocycles. The zero-order valence-electron chi connectivity index (χ0n) is 17.4. The maximum atomic E-state index is 6.28. The molecule has 1 heterocycles. The van der Waals surface area contributed by atoms with Gasteiger partial charge in [0, 0.05) is 19.3 Å². The quantitative estimate of drug-likeness (QED) is 0.489. The smallest absolute Gasteiger partial charge is 0.399 e. The van der Waals surface area contributed by atoms with Crippen LogP contribution in [0.2, 0.25) is 0 Å². The van der Waals surface area contributed by atoms with Gasteiger partial charge in [-0.15, -0.1) is 23.5 Å². The van der Waals surface area contributed by atoms with Crippen molar-refractivity contribution in [3.05, 3.63) is 18.2 Å². The summed E-state index contributed by atoms with van der Waals surface area (Å²) in [5.74, 6) is 0. The number of hydrogen-bond donors (Lipinski definition) is 0. The first-order valence-corrected chi connectivity index (χ1v) is 10.6. The van der Waals surface area contributed by atoms with Gasteiger partial charge >= 0.3 is 7.12 Å². The standard InChI is InChI=1S/C20H33BO2S2/c1-17(2,3)24-15-11-14(12-16(13-15)25-18(4,5)6)21-22-19(7,8)20(9,10)23-21/h11-13H,1-10H3. The Balaban J connectivity index is 2.40. The van der Waals surface area contributed by atoms with Gasteiger partial charge in [-0.05, 0) is 51.4 Å². The molecule has 0 N–H and O–H groups in total. The highest BCUT2D eigenvalue weighted by Crippen LogP contribution is 2.39. The first-order chi connectivity index (χ1) is 11.1. The number of benzene rings is 1. The van der Waals surface area contributed by atoms with Gasteiger partial charge in [-0.3, -0.25) is 0 Å². The molecule has 0 bridgehead atoms. The molecule has 2 nitrogen and oxygen atoms in total. The van der Waals surface area contributed by atoms with E-state index in [9.17, 15) is 0 Å². The summed E-state index contributed by atoms with van der Waals surface area (Å²) in [5, 5.41) is 0. The van der Waals surface area contributed by atoms with Gasteiger partial charge in [0.15, 0.2) is 0 Å². The van der Waals surface area contributed by atoms with Crippen molar-refractivity contribution in [1.29, 1.82) is 0 Å². The molecule has 25 heavy (non-hydrogen) atoms. The van der Waals surface area contributed by atoms with Gasteiger partial charge in [0.1, 0.15) is 0 Å². The molecular formula is C20H33BO2S2. The Morgan fingerprint density at radius 1 is 0.720 bits per heavy atom. The van der Waals surface area contributed by atoms with E-state index in [1.165, 1.54) is 9.79 Å². The average molecular weight is 380 g/mol. The van der Waals surface area contributed by atoms with E-state index in [0.717, 1.165) is 5.46 Å². The fourth-order valence-electron chi connectivity index (χ4n) is 2.53. The minimum atomic E-state index is -0.317. The van der Waals surface area contributed by atoms with Crippen molar-refractivity contribution in [3.63, 3.8) is 0 Å². The molecular weight excluding hydrogens is 347 g/mol. The molecule has 0 aromatic heterocycles. The van der Waals surface area contributed by atoms with Crippen LogP contribution in [0.25, 0.3) is 0 Å². The predicted molar refractivity (Wildman–Crippen MR) is 113 cm³/mol. The normalized spacial score (nSPS) is 20.2. The summed E-state index contributed by atoms with van der Waals surface area (Å²) in [6, 6.07) is 6.75. The van der Waals surface area contributed by atoms with Gasteiger partial charge < -0.3 is 9.31 Å². The highest BCUT2D eigenvalue weighted by atomic mass is 32.2. The van der Waals surface area contributed by atoms with Gasteiger partial charge in [-0.25, -0.2) is 0 Å². The fourth-order valence-corrected chi connectivity index (χ4v) is 4.78.